The molecule has 84 valence electrons. The fourth-order valence-electron chi connectivity index (χ4n) is 1.34. The molecule has 0 unspecified atom stereocenters. The van der Waals surface area contributed by atoms with Gasteiger partial charge in [-0.15, -0.1) is 0 Å². The quantitative estimate of drug-likeness (QED) is 0.575. The van der Waals surface area contributed by atoms with E-state index in [9.17, 15) is 0 Å². The smallest absolute Gasteiger partial charge is 0.0206 e. The molecular formula is C12H21N3. The second kappa shape index (κ2) is 7.40. The molecular weight excluding hydrogens is 186 g/mol. The third-order valence-electron chi connectivity index (χ3n) is 2.25. The Hall–Kier alpha value is -0.900. The van der Waals surface area contributed by atoms with Crippen molar-refractivity contribution < 1.29 is 0 Å². The van der Waals surface area contributed by atoms with Crippen molar-refractivity contribution in [3.05, 3.63) is 35.4 Å². The van der Waals surface area contributed by atoms with Gasteiger partial charge in [0.1, 0.15) is 0 Å². The van der Waals surface area contributed by atoms with Gasteiger partial charge in [-0.2, -0.15) is 0 Å². The predicted octanol–water partition coefficient (Wildman–Crippen LogP) is 0.633. The molecule has 0 spiro atoms. The van der Waals surface area contributed by atoms with Crippen LogP contribution in [-0.4, -0.2) is 26.2 Å². The van der Waals surface area contributed by atoms with Crippen LogP contribution >= 0.6 is 0 Å². The Balaban J connectivity index is 2.07. The number of nitrogens with two attached hydrogens (primary N) is 1. The molecule has 0 fully saturated rings. The van der Waals surface area contributed by atoms with Gasteiger partial charge in [-0.25, -0.2) is 0 Å². The molecule has 0 saturated carbocycles. The molecule has 0 saturated heterocycles. The molecule has 4 N–H and O–H groups in total. The lowest BCUT2D eigenvalue weighted by atomic mass is 10.1. The first-order valence-corrected chi connectivity index (χ1v) is 5.50. The van der Waals surface area contributed by atoms with Gasteiger partial charge in [0.15, 0.2) is 0 Å². The normalized spacial score (nSPS) is 10.5. The number of hydrogen-bond acceptors (Lipinski definition) is 3. The molecule has 0 aromatic heterocycles. The van der Waals surface area contributed by atoms with E-state index in [1.54, 1.807) is 0 Å². The molecule has 1 rings (SSSR count). The van der Waals surface area contributed by atoms with E-state index >= 15 is 0 Å². The van der Waals surface area contributed by atoms with E-state index in [0.29, 0.717) is 6.54 Å². The van der Waals surface area contributed by atoms with Gasteiger partial charge in [-0.3, -0.25) is 0 Å². The topological polar surface area (TPSA) is 50.1 Å². The molecule has 0 aliphatic heterocycles. The number of aryl methyl sites for hydroxylation is 1. The standard InChI is InChI=1S/C12H21N3/c1-11-2-4-12(5-3-11)10-15-9-8-14-7-6-13/h2-5,14-15H,6-10,13H2,1H3. The average Bonchev–Trinajstić information content (AvgIpc) is 2.26. The van der Waals surface area contributed by atoms with Gasteiger partial charge < -0.3 is 16.4 Å². The summed E-state index contributed by atoms with van der Waals surface area (Å²) in [4.78, 5) is 0. The third kappa shape index (κ3) is 5.52. The van der Waals surface area contributed by atoms with Crippen LogP contribution < -0.4 is 16.4 Å². The van der Waals surface area contributed by atoms with Crippen molar-refractivity contribution in [1.82, 2.24) is 10.6 Å². The predicted molar refractivity (Wildman–Crippen MR) is 64.8 cm³/mol. The van der Waals surface area contributed by atoms with Crippen LogP contribution in [-0.2, 0) is 6.54 Å². The summed E-state index contributed by atoms with van der Waals surface area (Å²) in [5.41, 5.74) is 8.01. The minimum Gasteiger partial charge on any atom is -0.329 e. The van der Waals surface area contributed by atoms with Gasteiger partial charge in [-0.05, 0) is 12.5 Å². The monoisotopic (exact) mass is 207 g/mol. The molecule has 0 aliphatic rings. The van der Waals surface area contributed by atoms with E-state index in [0.717, 1.165) is 26.2 Å². The van der Waals surface area contributed by atoms with Gasteiger partial charge in [0.25, 0.3) is 0 Å². The summed E-state index contributed by atoms with van der Waals surface area (Å²) in [5.74, 6) is 0. The van der Waals surface area contributed by atoms with Crippen LogP contribution in [0.1, 0.15) is 11.1 Å². The molecule has 0 atom stereocenters. The lowest BCUT2D eigenvalue weighted by molar-refractivity contribution is 0.615. The van der Waals surface area contributed by atoms with E-state index in [1.165, 1.54) is 11.1 Å². The number of hydrogen-bond donors (Lipinski definition) is 3. The van der Waals surface area contributed by atoms with Gasteiger partial charge in [0.2, 0.25) is 0 Å². The maximum absolute atomic E-state index is 5.37. The fourth-order valence-corrected chi connectivity index (χ4v) is 1.34. The van der Waals surface area contributed by atoms with Crippen LogP contribution in [0, 0.1) is 6.92 Å². The molecule has 0 amide bonds. The third-order valence-corrected chi connectivity index (χ3v) is 2.25. The Kier molecular flexibility index (Phi) is 6.00. The number of nitrogens with one attached hydrogen (secondary N) is 2. The van der Waals surface area contributed by atoms with Gasteiger partial charge >= 0.3 is 0 Å². The first kappa shape index (κ1) is 12.2. The molecule has 0 heterocycles. The minimum absolute atomic E-state index is 0.706. The van der Waals surface area contributed by atoms with E-state index in [-0.39, 0.29) is 0 Å². The molecule has 0 radical (unpaired) electrons. The summed E-state index contributed by atoms with van der Waals surface area (Å²) in [7, 11) is 0. The Morgan fingerprint density at radius 1 is 1.00 bits per heavy atom. The summed E-state index contributed by atoms with van der Waals surface area (Å²) < 4.78 is 0. The summed E-state index contributed by atoms with van der Waals surface area (Å²) in [6.45, 7) is 6.60. The van der Waals surface area contributed by atoms with Gasteiger partial charge in [0, 0.05) is 32.7 Å². The molecule has 1 aromatic carbocycles. The molecule has 1 aromatic rings. The first-order valence-electron chi connectivity index (χ1n) is 5.50. The van der Waals surface area contributed by atoms with Crippen LogP contribution in [0.25, 0.3) is 0 Å². The molecule has 15 heavy (non-hydrogen) atoms. The maximum atomic E-state index is 5.37. The Morgan fingerprint density at radius 2 is 1.67 bits per heavy atom. The van der Waals surface area contributed by atoms with E-state index in [4.69, 9.17) is 5.73 Å². The number of benzene rings is 1. The number of rotatable bonds is 7. The van der Waals surface area contributed by atoms with Crippen LogP contribution in [0.3, 0.4) is 0 Å². The van der Waals surface area contributed by atoms with Crippen LogP contribution in [0.15, 0.2) is 24.3 Å². The lowest BCUT2D eigenvalue weighted by Gasteiger charge is -2.06. The van der Waals surface area contributed by atoms with Crippen LogP contribution in [0.5, 0.6) is 0 Å². The van der Waals surface area contributed by atoms with E-state index < -0.39 is 0 Å². The van der Waals surface area contributed by atoms with Crippen LogP contribution in [0.4, 0.5) is 0 Å². The zero-order chi connectivity index (χ0) is 10.9. The van der Waals surface area contributed by atoms with Gasteiger partial charge in [0.05, 0.1) is 0 Å². The molecule has 3 nitrogen and oxygen atoms in total. The van der Waals surface area contributed by atoms with Crippen molar-refractivity contribution in [3.8, 4) is 0 Å². The van der Waals surface area contributed by atoms with Crippen molar-refractivity contribution in [1.29, 1.82) is 0 Å². The lowest BCUT2D eigenvalue weighted by Crippen LogP contribution is -2.30. The zero-order valence-corrected chi connectivity index (χ0v) is 9.42. The highest BCUT2D eigenvalue weighted by Gasteiger charge is 1.91. The van der Waals surface area contributed by atoms with Crippen molar-refractivity contribution in [2.24, 2.45) is 5.73 Å². The van der Waals surface area contributed by atoms with E-state index in [1.807, 2.05) is 0 Å². The van der Waals surface area contributed by atoms with Crippen molar-refractivity contribution in [3.63, 3.8) is 0 Å². The highest BCUT2D eigenvalue weighted by molar-refractivity contribution is 5.20. The maximum Gasteiger partial charge on any atom is 0.0206 e. The second-order valence-electron chi connectivity index (χ2n) is 3.70. The molecule has 0 bridgehead atoms. The highest BCUT2D eigenvalue weighted by Crippen LogP contribution is 2.01. The Labute approximate surface area is 92.1 Å². The second-order valence-corrected chi connectivity index (χ2v) is 3.70. The summed E-state index contributed by atoms with van der Waals surface area (Å²) in [5, 5.41) is 6.62. The summed E-state index contributed by atoms with van der Waals surface area (Å²) in [6.07, 6.45) is 0. The van der Waals surface area contributed by atoms with Crippen molar-refractivity contribution in [2.75, 3.05) is 26.2 Å². The molecule has 0 aliphatic carbocycles. The fraction of sp³-hybridized carbons (Fsp3) is 0.500. The van der Waals surface area contributed by atoms with Crippen molar-refractivity contribution in [2.45, 2.75) is 13.5 Å². The minimum atomic E-state index is 0.706. The Morgan fingerprint density at radius 3 is 2.33 bits per heavy atom. The highest BCUT2D eigenvalue weighted by atomic mass is 14.9. The Bertz CT molecular complexity index is 256. The van der Waals surface area contributed by atoms with Crippen LogP contribution in [0.2, 0.25) is 0 Å². The largest absolute Gasteiger partial charge is 0.329 e. The van der Waals surface area contributed by atoms with Gasteiger partial charge in [-0.1, -0.05) is 29.8 Å². The summed E-state index contributed by atoms with van der Waals surface area (Å²) >= 11 is 0. The first-order chi connectivity index (χ1) is 7.33. The molecule has 3 heteroatoms. The van der Waals surface area contributed by atoms with E-state index in [2.05, 4.69) is 41.8 Å². The summed E-state index contributed by atoms with van der Waals surface area (Å²) in [6, 6.07) is 8.61. The SMILES string of the molecule is Cc1ccc(CNCCNCCN)cc1. The van der Waals surface area contributed by atoms with Crippen molar-refractivity contribution >= 4 is 0 Å². The zero-order valence-electron chi connectivity index (χ0n) is 9.42. The average molecular weight is 207 g/mol.